The second-order valence-electron chi connectivity index (χ2n) is 6.23. The molecule has 1 aromatic carbocycles. The van der Waals surface area contributed by atoms with Gasteiger partial charge in [0.25, 0.3) is 5.91 Å². The van der Waals surface area contributed by atoms with Crippen LogP contribution in [0.4, 0.5) is 0 Å². The van der Waals surface area contributed by atoms with Crippen LogP contribution in [-0.2, 0) is 16.1 Å². The molecule has 5 nitrogen and oxygen atoms in total. The van der Waals surface area contributed by atoms with Gasteiger partial charge in [-0.1, -0.05) is 18.2 Å². The Morgan fingerprint density at radius 3 is 2.90 bits per heavy atom. The van der Waals surface area contributed by atoms with E-state index in [0.29, 0.717) is 25.6 Å². The van der Waals surface area contributed by atoms with Crippen LogP contribution in [0.2, 0.25) is 0 Å². The fourth-order valence-electron chi connectivity index (χ4n) is 3.06. The maximum absolute atomic E-state index is 12.1. The minimum atomic E-state index is -0.0330. The van der Waals surface area contributed by atoms with Gasteiger partial charge in [-0.25, -0.2) is 0 Å². The predicted octanol–water partition coefficient (Wildman–Crippen LogP) is 0.934. The standard InChI is InChI=1S/C16H18N2O3/c19-14-10-21-13-4-2-1-3-11(13)9-18(14)6-5-17-15(20)16-7-12(16)8-16/h1-4,12H,5-10H2,(H,17,20). The summed E-state index contributed by atoms with van der Waals surface area (Å²) in [6.07, 6.45) is 2.12. The van der Waals surface area contributed by atoms with Crippen molar-refractivity contribution < 1.29 is 14.3 Å². The average molecular weight is 286 g/mol. The highest BCUT2D eigenvalue weighted by molar-refractivity contribution is 5.90. The van der Waals surface area contributed by atoms with E-state index in [1.165, 1.54) is 0 Å². The van der Waals surface area contributed by atoms with Crippen LogP contribution in [0.15, 0.2) is 24.3 Å². The molecule has 0 radical (unpaired) electrons. The van der Waals surface area contributed by atoms with E-state index < -0.39 is 0 Å². The molecule has 2 aliphatic carbocycles. The quantitative estimate of drug-likeness (QED) is 0.896. The van der Waals surface area contributed by atoms with E-state index in [1.54, 1.807) is 4.90 Å². The number of amides is 2. The summed E-state index contributed by atoms with van der Waals surface area (Å²) in [6.45, 7) is 1.65. The first-order chi connectivity index (χ1) is 10.2. The highest BCUT2D eigenvalue weighted by Crippen LogP contribution is 2.75. The molecule has 1 N–H and O–H groups in total. The molecule has 0 bridgehead atoms. The molecule has 1 aromatic rings. The van der Waals surface area contributed by atoms with Gasteiger partial charge in [0.05, 0.1) is 5.41 Å². The summed E-state index contributed by atoms with van der Waals surface area (Å²) in [5.41, 5.74) is 1.01. The Balaban J connectivity index is 1.35. The van der Waals surface area contributed by atoms with Crippen LogP contribution in [0.1, 0.15) is 18.4 Å². The number of rotatable bonds is 4. The smallest absolute Gasteiger partial charge is 0.260 e. The van der Waals surface area contributed by atoms with Crippen molar-refractivity contribution in [3.8, 4) is 5.75 Å². The highest BCUT2D eigenvalue weighted by Gasteiger charge is 2.74. The van der Waals surface area contributed by atoms with E-state index in [9.17, 15) is 9.59 Å². The molecule has 2 saturated carbocycles. The van der Waals surface area contributed by atoms with E-state index in [0.717, 1.165) is 24.2 Å². The lowest BCUT2D eigenvalue weighted by Crippen LogP contribution is -2.40. The number of para-hydroxylation sites is 1. The Morgan fingerprint density at radius 2 is 2.14 bits per heavy atom. The van der Waals surface area contributed by atoms with Crippen LogP contribution >= 0.6 is 0 Å². The predicted molar refractivity (Wildman–Crippen MR) is 75.5 cm³/mol. The summed E-state index contributed by atoms with van der Waals surface area (Å²) in [5.74, 6) is 1.56. The van der Waals surface area contributed by atoms with Gasteiger partial charge in [-0.05, 0) is 24.8 Å². The van der Waals surface area contributed by atoms with Crippen LogP contribution in [0.5, 0.6) is 5.75 Å². The lowest BCUT2D eigenvalue weighted by molar-refractivity contribution is -0.133. The number of hydrogen-bond donors (Lipinski definition) is 1. The number of fused-ring (bicyclic) bond motifs is 2. The van der Waals surface area contributed by atoms with Gasteiger partial charge in [-0.15, -0.1) is 0 Å². The zero-order valence-electron chi connectivity index (χ0n) is 11.8. The maximum Gasteiger partial charge on any atom is 0.260 e. The molecule has 3 aliphatic rings. The third-order valence-corrected chi connectivity index (χ3v) is 4.84. The molecular formula is C16H18N2O3. The van der Waals surface area contributed by atoms with Gasteiger partial charge < -0.3 is 15.0 Å². The molecule has 21 heavy (non-hydrogen) atoms. The second-order valence-corrected chi connectivity index (χ2v) is 6.23. The number of nitrogens with zero attached hydrogens (tertiary/aromatic N) is 1. The first-order valence-electron chi connectivity index (χ1n) is 7.46. The third-order valence-electron chi connectivity index (χ3n) is 4.84. The van der Waals surface area contributed by atoms with Gasteiger partial charge in [-0.3, -0.25) is 9.59 Å². The van der Waals surface area contributed by atoms with Crippen LogP contribution < -0.4 is 10.1 Å². The number of carbonyl (C=O) groups is 2. The van der Waals surface area contributed by atoms with Crippen molar-refractivity contribution in [2.75, 3.05) is 19.7 Å². The lowest BCUT2D eigenvalue weighted by Gasteiger charge is -2.20. The van der Waals surface area contributed by atoms with Crippen molar-refractivity contribution in [1.29, 1.82) is 0 Å². The first kappa shape index (κ1) is 12.7. The van der Waals surface area contributed by atoms with Gasteiger partial charge >= 0.3 is 0 Å². The number of ether oxygens (including phenoxy) is 1. The van der Waals surface area contributed by atoms with Gasteiger partial charge in [0, 0.05) is 25.2 Å². The van der Waals surface area contributed by atoms with Crippen molar-refractivity contribution in [1.82, 2.24) is 10.2 Å². The summed E-state index contributed by atoms with van der Waals surface area (Å²) in [7, 11) is 0. The molecule has 2 amide bonds. The topological polar surface area (TPSA) is 58.6 Å². The summed E-state index contributed by atoms with van der Waals surface area (Å²) >= 11 is 0. The van der Waals surface area contributed by atoms with Crippen molar-refractivity contribution >= 4 is 11.8 Å². The van der Waals surface area contributed by atoms with Crippen molar-refractivity contribution in [2.24, 2.45) is 11.3 Å². The van der Waals surface area contributed by atoms with Gasteiger partial charge in [0.2, 0.25) is 5.91 Å². The van der Waals surface area contributed by atoms with Crippen LogP contribution in [0, 0.1) is 11.3 Å². The summed E-state index contributed by atoms with van der Waals surface area (Å²) in [6, 6.07) is 7.70. The number of hydrogen-bond acceptors (Lipinski definition) is 3. The largest absolute Gasteiger partial charge is 0.483 e. The Morgan fingerprint density at radius 1 is 1.38 bits per heavy atom. The minimum absolute atomic E-state index is 0.00148. The van der Waals surface area contributed by atoms with E-state index in [4.69, 9.17) is 4.74 Å². The molecule has 0 spiro atoms. The average Bonchev–Trinajstić information content (AvgIpc) is 3.33. The first-order valence-corrected chi connectivity index (χ1v) is 7.46. The molecule has 1 heterocycles. The van der Waals surface area contributed by atoms with E-state index in [-0.39, 0.29) is 23.8 Å². The van der Waals surface area contributed by atoms with E-state index in [1.807, 2.05) is 24.3 Å². The molecule has 1 aliphatic heterocycles. The van der Waals surface area contributed by atoms with Gasteiger partial charge in [0.15, 0.2) is 6.61 Å². The van der Waals surface area contributed by atoms with Crippen LogP contribution in [0.25, 0.3) is 0 Å². The third kappa shape index (κ3) is 2.17. The highest BCUT2D eigenvalue weighted by atomic mass is 16.5. The molecule has 110 valence electrons. The molecule has 0 unspecified atom stereocenters. The molecule has 2 fully saturated rings. The molecule has 5 heteroatoms. The van der Waals surface area contributed by atoms with Crippen LogP contribution in [-0.4, -0.2) is 36.4 Å². The molecule has 4 rings (SSSR count). The molecule has 0 aromatic heterocycles. The fraction of sp³-hybridized carbons (Fsp3) is 0.500. The number of carbonyl (C=O) groups excluding carboxylic acids is 2. The van der Waals surface area contributed by atoms with E-state index in [2.05, 4.69) is 5.32 Å². The van der Waals surface area contributed by atoms with Crippen molar-refractivity contribution in [2.45, 2.75) is 19.4 Å². The zero-order valence-corrected chi connectivity index (χ0v) is 11.8. The normalized spacial score (nSPS) is 28.9. The molecule has 0 atom stereocenters. The molecule has 0 saturated heterocycles. The SMILES string of the molecule is O=C1COc2ccccc2CN1CCNC(=O)C12CC1C2. The maximum atomic E-state index is 12.1. The Hall–Kier alpha value is -2.04. The van der Waals surface area contributed by atoms with Gasteiger partial charge in [-0.2, -0.15) is 0 Å². The Bertz CT molecular complexity index is 607. The van der Waals surface area contributed by atoms with E-state index >= 15 is 0 Å². The number of nitrogens with one attached hydrogen (secondary N) is 1. The monoisotopic (exact) mass is 286 g/mol. The summed E-state index contributed by atoms with van der Waals surface area (Å²) in [4.78, 5) is 25.7. The second kappa shape index (κ2) is 4.48. The zero-order chi connectivity index (χ0) is 14.4. The fourth-order valence-corrected chi connectivity index (χ4v) is 3.06. The van der Waals surface area contributed by atoms with Gasteiger partial charge in [0.1, 0.15) is 5.75 Å². The molecular weight excluding hydrogens is 268 g/mol. The Kier molecular flexibility index (Phi) is 2.71. The van der Waals surface area contributed by atoms with Crippen LogP contribution in [0.3, 0.4) is 0 Å². The number of benzene rings is 1. The van der Waals surface area contributed by atoms with Crippen molar-refractivity contribution in [3.05, 3.63) is 29.8 Å². The summed E-state index contributed by atoms with van der Waals surface area (Å²) in [5, 5.41) is 2.97. The Labute approximate surface area is 123 Å². The summed E-state index contributed by atoms with van der Waals surface area (Å²) < 4.78 is 5.51. The van der Waals surface area contributed by atoms with Crippen molar-refractivity contribution in [3.63, 3.8) is 0 Å². The lowest BCUT2D eigenvalue weighted by atomic mass is 10.2. The minimum Gasteiger partial charge on any atom is -0.483 e.